The fourth-order valence-electron chi connectivity index (χ4n) is 1.68. The molecule has 1 aromatic rings. The van der Waals surface area contributed by atoms with E-state index in [0.29, 0.717) is 17.9 Å². The summed E-state index contributed by atoms with van der Waals surface area (Å²) in [5.41, 5.74) is 0.542. The Bertz CT molecular complexity index is 534. The third-order valence-corrected chi connectivity index (χ3v) is 2.84. The van der Waals surface area contributed by atoms with Gasteiger partial charge in [0, 0.05) is 19.2 Å². The molecule has 0 heterocycles. The van der Waals surface area contributed by atoms with Gasteiger partial charge in [0.15, 0.2) is 11.9 Å². The van der Waals surface area contributed by atoms with Gasteiger partial charge in [-0.25, -0.2) is 0 Å². The van der Waals surface area contributed by atoms with Gasteiger partial charge in [0.1, 0.15) is 5.75 Å². The Kier molecular flexibility index (Phi) is 5.73. The molecule has 0 saturated carbocycles. The van der Waals surface area contributed by atoms with Crippen molar-refractivity contribution in [2.45, 2.75) is 26.4 Å². The zero-order chi connectivity index (χ0) is 15.1. The van der Waals surface area contributed by atoms with E-state index in [9.17, 15) is 9.59 Å². The smallest absolute Gasteiger partial charge is 0.263 e. The second kappa shape index (κ2) is 7.29. The molecule has 0 fully saturated rings. The van der Waals surface area contributed by atoms with Crippen LogP contribution in [0.15, 0.2) is 24.3 Å². The fraction of sp³-hybridized carbons (Fsp3) is 0.400. The number of amides is 1. The number of benzene rings is 1. The van der Waals surface area contributed by atoms with Crippen LogP contribution in [0.3, 0.4) is 0 Å². The number of nitrogens with zero attached hydrogens (tertiary/aromatic N) is 2. The summed E-state index contributed by atoms with van der Waals surface area (Å²) in [4.78, 5) is 24.7. The molecule has 1 aromatic carbocycles. The van der Waals surface area contributed by atoms with Gasteiger partial charge in [0.05, 0.1) is 12.5 Å². The van der Waals surface area contributed by atoms with Crippen LogP contribution in [0.2, 0.25) is 0 Å². The molecule has 1 rings (SSSR count). The molecule has 106 valence electrons. The number of likely N-dealkylation sites (N-methyl/N-ethyl adjacent to an activating group) is 1. The summed E-state index contributed by atoms with van der Waals surface area (Å²) in [7, 11) is 1.63. The van der Waals surface area contributed by atoms with E-state index < -0.39 is 6.10 Å². The number of Topliss-reactive ketones (excluding diaryl/α,β-unsaturated/α-hetero) is 1. The van der Waals surface area contributed by atoms with Crippen molar-refractivity contribution in [3.8, 4) is 11.8 Å². The summed E-state index contributed by atoms with van der Waals surface area (Å²) >= 11 is 0. The first-order chi connectivity index (χ1) is 9.45. The van der Waals surface area contributed by atoms with Gasteiger partial charge in [-0.1, -0.05) is 12.1 Å². The monoisotopic (exact) mass is 274 g/mol. The van der Waals surface area contributed by atoms with Gasteiger partial charge in [0.2, 0.25) is 0 Å². The normalized spacial score (nSPS) is 11.3. The number of hydrogen-bond donors (Lipinski definition) is 0. The number of hydrogen-bond acceptors (Lipinski definition) is 4. The van der Waals surface area contributed by atoms with E-state index in [1.165, 1.54) is 11.8 Å². The van der Waals surface area contributed by atoms with Gasteiger partial charge in [-0.15, -0.1) is 0 Å². The maximum atomic E-state index is 12.0. The van der Waals surface area contributed by atoms with E-state index in [-0.39, 0.29) is 18.1 Å². The molecule has 0 spiro atoms. The second-order valence-corrected chi connectivity index (χ2v) is 4.51. The van der Waals surface area contributed by atoms with E-state index in [4.69, 9.17) is 10.00 Å². The van der Waals surface area contributed by atoms with Crippen LogP contribution in [0.25, 0.3) is 0 Å². The Labute approximate surface area is 118 Å². The quantitative estimate of drug-likeness (QED) is 0.744. The molecule has 5 heteroatoms. The molecule has 0 radical (unpaired) electrons. The molecule has 20 heavy (non-hydrogen) atoms. The molecule has 0 N–H and O–H groups in total. The maximum Gasteiger partial charge on any atom is 0.263 e. The number of carbonyl (C=O) groups is 2. The van der Waals surface area contributed by atoms with E-state index in [1.807, 2.05) is 6.07 Å². The predicted octanol–water partition coefficient (Wildman–Crippen LogP) is 2.03. The minimum atomic E-state index is -0.666. The average molecular weight is 274 g/mol. The Morgan fingerprint density at radius 1 is 1.45 bits per heavy atom. The lowest BCUT2D eigenvalue weighted by Gasteiger charge is -2.21. The van der Waals surface area contributed by atoms with Gasteiger partial charge in [-0.2, -0.15) is 5.26 Å². The highest BCUT2D eigenvalue weighted by molar-refractivity contribution is 5.94. The van der Waals surface area contributed by atoms with Crippen LogP contribution in [0.1, 0.15) is 30.6 Å². The molecule has 0 aliphatic rings. The van der Waals surface area contributed by atoms with Crippen molar-refractivity contribution in [3.63, 3.8) is 0 Å². The summed E-state index contributed by atoms with van der Waals surface area (Å²) in [6.07, 6.45) is -0.379. The predicted molar refractivity (Wildman–Crippen MR) is 74.4 cm³/mol. The topological polar surface area (TPSA) is 70.4 Å². The Morgan fingerprint density at radius 3 is 2.75 bits per heavy atom. The molecule has 0 aromatic heterocycles. The summed E-state index contributed by atoms with van der Waals surface area (Å²) in [6, 6.07) is 8.71. The lowest BCUT2D eigenvalue weighted by atomic mass is 10.1. The van der Waals surface area contributed by atoms with Crippen LogP contribution in [0.5, 0.6) is 5.75 Å². The van der Waals surface area contributed by atoms with E-state index >= 15 is 0 Å². The van der Waals surface area contributed by atoms with Crippen LogP contribution in [0, 0.1) is 11.3 Å². The zero-order valence-corrected chi connectivity index (χ0v) is 11.9. The Morgan fingerprint density at radius 2 is 2.15 bits per heavy atom. The lowest BCUT2D eigenvalue weighted by molar-refractivity contribution is -0.136. The van der Waals surface area contributed by atoms with Crippen molar-refractivity contribution in [1.29, 1.82) is 5.26 Å². The number of ketones is 1. The Balaban J connectivity index is 2.68. The van der Waals surface area contributed by atoms with Crippen molar-refractivity contribution in [3.05, 3.63) is 29.8 Å². The largest absolute Gasteiger partial charge is 0.481 e. The van der Waals surface area contributed by atoms with Crippen molar-refractivity contribution in [2.24, 2.45) is 0 Å². The van der Waals surface area contributed by atoms with E-state index in [2.05, 4.69) is 0 Å². The minimum Gasteiger partial charge on any atom is -0.481 e. The molecule has 1 atom stereocenters. The maximum absolute atomic E-state index is 12.0. The molecule has 0 aliphatic heterocycles. The van der Waals surface area contributed by atoms with Gasteiger partial charge in [-0.05, 0) is 26.0 Å². The van der Waals surface area contributed by atoms with Crippen LogP contribution >= 0.6 is 0 Å². The number of nitriles is 1. The minimum absolute atomic E-state index is 0.0550. The molecule has 0 unspecified atom stereocenters. The van der Waals surface area contributed by atoms with Crippen LogP contribution in [-0.2, 0) is 4.79 Å². The third-order valence-electron chi connectivity index (χ3n) is 2.84. The van der Waals surface area contributed by atoms with Gasteiger partial charge in [-0.3, -0.25) is 9.59 Å². The highest BCUT2D eigenvalue weighted by atomic mass is 16.5. The molecular weight excluding hydrogens is 256 g/mol. The van der Waals surface area contributed by atoms with Crippen LogP contribution in [0.4, 0.5) is 0 Å². The summed E-state index contributed by atoms with van der Waals surface area (Å²) in [6.45, 7) is 3.49. The van der Waals surface area contributed by atoms with Gasteiger partial charge < -0.3 is 9.64 Å². The zero-order valence-electron chi connectivity index (χ0n) is 11.9. The first kappa shape index (κ1) is 15.7. The SMILES string of the molecule is CC(=O)c1cccc(O[C@H](C)C(=O)N(C)CCC#N)c1. The number of rotatable bonds is 6. The first-order valence-corrected chi connectivity index (χ1v) is 6.35. The van der Waals surface area contributed by atoms with Crippen LogP contribution < -0.4 is 4.74 Å². The average Bonchev–Trinajstić information content (AvgIpc) is 2.44. The van der Waals surface area contributed by atoms with Gasteiger partial charge >= 0.3 is 0 Å². The standard InChI is InChI=1S/C15H18N2O3/c1-11(18)13-6-4-7-14(10-13)20-12(2)15(19)17(3)9-5-8-16/h4,6-7,10,12H,5,9H2,1-3H3/t12-/m1/s1. The van der Waals surface area contributed by atoms with E-state index in [0.717, 1.165) is 0 Å². The molecule has 5 nitrogen and oxygen atoms in total. The molecule has 0 aliphatic carbocycles. The van der Waals surface area contributed by atoms with Crippen molar-refractivity contribution < 1.29 is 14.3 Å². The van der Waals surface area contributed by atoms with E-state index in [1.54, 1.807) is 38.2 Å². The molecule has 0 bridgehead atoms. The lowest BCUT2D eigenvalue weighted by Crippen LogP contribution is -2.38. The van der Waals surface area contributed by atoms with Crippen molar-refractivity contribution in [1.82, 2.24) is 4.90 Å². The highest BCUT2D eigenvalue weighted by Crippen LogP contribution is 2.16. The molecule has 1 amide bonds. The fourth-order valence-corrected chi connectivity index (χ4v) is 1.68. The summed E-state index contributed by atoms with van der Waals surface area (Å²) in [5, 5.41) is 8.50. The molecular formula is C15H18N2O3. The summed E-state index contributed by atoms with van der Waals surface area (Å²) < 4.78 is 5.54. The number of ether oxygens (including phenoxy) is 1. The van der Waals surface area contributed by atoms with Crippen molar-refractivity contribution in [2.75, 3.05) is 13.6 Å². The van der Waals surface area contributed by atoms with Crippen LogP contribution in [-0.4, -0.2) is 36.3 Å². The number of carbonyl (C=O) groups excluding carboxylic acids is 2. The molecule has 0 saturated heterocycles. The highest BCUT2D eigenvalue weighted by Gasteiger charge is 2.19. The second-order valence-electron chi connectivity index (χ2n) is 4.51. The first-order valence-electron chi connectivity index (χ1n) is 6.35. The van der Waals surface area contributed by atoms with Crippen molar-refractivity contribution >= 4 is 11.7 Å². The Hall–Kier alpha value is -2.35. The van der Waals surface area contributed by atoms with Gasteiger partial charge in [0.25, 0.3) is 5.91 Å². The summed E-state index contributed by atoms with van der Waals surface area (Å²) in [5.74, 6) is 0.223. The third kappa shape index (κ3) is 4.39.